The van der Waals surface area contributed by atoms with Crippen molar-refractivity contribution in [3.05, 3.63) is 59.7 Å². The van der Waals surface area contributed by atoms with E-state index in [0.29, 0.717) is 5.56 Å². The van der Waals surface area contributed by atoms with Gasteiger partial charge >= 0.3 is 6.18 Å². The van der Waals surface area contributed by atoms with Crippen LogP contribution in [-0.4, -0.2) is 23.8 Å². The molecule has 24 heavy (non-hydrogen) atoms. The monoisotopic (exact) mass is 338 g/mol. The maximum absolute atomic E-state index is 12.6. The summed E-state index contributed by atoms with van der Waals surface area (Å²) in [6, 6.07) is 10.6. The van der Waals surface area contributed by atoms with Gasteiger partial charge in [-0.2, -0.15) is 18.3 Å². The van der Waals surface area contributed by atoms with E-state index in [1.165, 1.54) is 24.4 Å². The molecule has 0 atom stereocenters. The summed E-state index contributed by atoms with van der Waals surface area (Å²) in [6.07, 6.45) is -3.25. The van der Waals surface area contributed by atoms with Crippen LogP contribution in [0.4, 0.5) is 13.2 Å². The summed E-state index contributed by atoms with van der Waals surface area (Å²) < 4.78 is 42.7. The lowest BCUT2D eigenvalue weighted by molar-refractivity contribution is -0.137. The molecule has 0 heterocycles. The highest BCUT2D eigenvalue weighted by atomic mass is 19.4. The Morgan fingerprint density at radius 1 is 1.21 bits per heavy atom. The number of carbonyl (C=O) groups is 1. The number of hydrogen-bond acceptors (Lipinski definition) is 4. The molecule has 0 fully saturated rings. The van der Waals surface area contributed by atoms with Gasteiger partial charge in [-0.15, -0.1) is 0 Å². The van der Waals surface area contributed by atoms with Gasteiger partial charge in [-0.25, -0.2) is 5.43 Å². The van der Waals surface area contributed by atoms with Gasteiger partial charge in [0, 0.05) is 5.56 Å². The van der Waals surface area contributed by atoms with Gasteiger partial charge in [0.1, 0.15) is 11.5 Å². The van der Waals surface area contributed by atoms with Gasteiger partial charge in [0.05, 0.1) is 11.8 Å². The molecule has 0 saturated heterocycles. The molecule has 0 bridgehead atoms. The second-order valence-corrected chi connectivity index (χ2v) is 4.67. The van der Waals surface area contributed by atoms with Crippen LogP contribution in [0.2, 0.25) is 0 Å². The van der Waals surface area contributed by atoms with Crippen LogP contribution in [0, 0.1) is 0 Å². The molecule has 0 unspecified atom stereocenters. The predicted octanol–water partition coefficient (Wildman–Crippen LogP) is 2.94. The first-order chi connectivity index (χ1) is 11.4. The number of ether oxygens (including phenoxy) is 1. The summed E-state index contributed by atoms with van der Waals surface area (Å²) in [5.41, 5.74) is 1.68. The number of nitrogens with one attached hydrogen (secondary N) is 1. The van der Waals surface area contributed by atoms with Crippen LogP contribution in [0.5, 0.6) is 11.5 Å². The number of alkyl halides is 3. The third kappa shape index (κ3) is 5.01. The van der Waals surface area contributed by atoms with Crippen molar-refractivity contribution in [2.75, 3.05) is 6.61 Å². The van der Waals surface area contributed by atoms with Crippen molar-refractivity contribution in [2.24, 2.45) is 5.10 Å². The van der Waals surface area contributed by atoms with Crippen LogP contribution < -0.4 is 10.2 Å². The minimum absolute atomic E-state index is 0.00397. The molecule has 2 rings (SSSR count). The van der Waals surface area contributed by atoms with Crippen molar-refractivity contribution in [2.45, 2.75) is 6.18 Å². The van der Waals surface area contributed by atoms with Crippen LogP contribution >= 0.6 is 0 Å². The first-order valence-electron chi connectivity index (χ1n) is 6.76. The maximum Gasteiger partial charge on any atom is 0.416 e. The molecular formula is C16H13F3N2O3. The molecular weight excluding hydrogens is 325 g/mol. The van der Waals surface area contributed by atoms with E-state index in [9.17, 15) is 23.1 Å². The number of phenols is 1. The number of rotatable bonds is 5. The average molecular weight is 338 g/mol. The number of amides is 1. The number of phenolic OH excluding ortho intramolecular Hbond substituents is 1. The van der Waals surface area contributed by atoms with Gasteiger partial charge in [-0.1, -0.05) is 18.2 Å². The van der Waals surface area contributed by atoms with E-state index >= 15 is 0 Å². The SMILES string of the molecule is O=C(COc1cccc(C(F)(F)F)c1)N/N=C/c1ccccc1O. The summed E-state index contributed by atoms with van der Waals surface area (Å²) in [5.74, 6) is -0.737. The van der Waals surface area contributed by atoms with Crippen molar-refractivity contribution in [3.8, 4) is 11.5 Å². The minimum Gasteiger partial charge on any atom is -0.507 e. The lowest BCUT2D eigenvalue weighted by atomic mass is 10.2. The van der Waals surface area contributed by atoms with E-state index in [1.807, 2.05) is 0 Å². The normalized spacial score (nSPS) is 11.5. The van der Waals surface area contributed by atoms with E-state index in [-0.39, 0.29) is 11.5 Å². The van der Waals surface area contributed by atoms with E-state index in [4.69, 9.17) is 4.74 Å². The van der Waals surface area contributed by atoms with Crippen LogP contribution in [-0.2, 0) is 11.0 Å². The number of aromatic hydroxyl groups is 1. The van der Waals surface area contributed by atoms with Crippen molar-refractivity contribution in [1.29, 1.82) is 0 Å². The lowest BCUT2D eigenvalue weighted by Crippen LogP contribution is -2.24. The lowest BCUT2D eigenvalue weighted by Gasteiger charge is -2.09. The topological polar surface area (TPSA) is 70.9 Å². The number of benzene rings is 2. The molecule has 2 N–H and O–H groups in total. The Hall–Kier alpha value is -3.03. The third-order valence-electron chi connectivity index (χ3n) is 2.86. The standard InChI is InChI=1S/C16H13F3N2O3/c17-16(18,19)12-5-3-6-13(8-12)24-10-15(23)21-20-9-11-4-1-2-7-14(11)22/h1-9,22H,10H2,(H,21,23)/b20-9+. The largest absolute Gasteiger partial charge is 0.507 e. The molecule has 0 radical (unpaired) electrons. The van der Waals surface area contributed by atoms with Crippen LogP contribution in [0.1, 0.15) is 11.1 Å². The fourth-order valence-electron chi connectivity index (χ4n) is 1.71. The third-order valence-corrected chi connectivity index (χ3v) is 2.86. The van der Waals surface area contributed by atoms with E-state index < -0.39 is 24.3 Å². The summed E-state index contributed by atoms with van der Waals surface area (Å²) in [5, 5.41) is 13.1. The van der Waals surface area contributed by atoms with E-state index in [0.717, 1.165) is 12.1 Å². The maximum atomic E-state index is 12.6. The van der Waals surface area contributed by atoms with Gasteiger partial charge in [0.25, 0.3) is 5.91 Å². The number of carbonyl (C=O) groups excluding carboxylic acids is 1. The molecule has 0 aliphatic heterocycles. The number of hydrogen-bond donors (Lipinski definition) is 2. The summed E-state index contributed by atoms with van der Waals surface area (Å²) >= 11 is 0. The van der Waals surface area contributed by atoms with Crippen LogP contribution in [0.25, 0.3) is 0 Å². The average Bonchev–Trinajstić information content (AvgIpc) is 2.54. The Morgan fingerprint density at radius 2 is 1.96 bits per heavy atom. The zero-order valence-corrected chi connectivity index (χ0v) is 12.2. The fraction of sp³-hybridized carbons (Fsp3) is 0.125. The first-order valence-corrected chi connectivity index (χ1v) is 6.76. The second kappa shape index (κ2) is 7.49. The molecule has 8 heteroatoms. The highest BCUT2D eigenvalue weighted by molar-refractivity contribution is 5.85. The highest BCUT2D eigenvalue weighted by Gasteiger charge is 2.30. The number of nitrogens with zero attached hydrogens (tertiary/aromatic N) is 1. The minimum atomic E-state index is -4.48. The zero-order chi connectivity index (χ0) is 17.6. The molecule has 0 aliphatic rings. The summed E-state index contributed by atoms with van der Waals surface area (Å²) in [4.78, 5) is 11.5. The zero-order valence-electron chi connectivity index (χ0n) is 12.2. The molecule has 2 aromatic carbocycles. The van der Waals surface area contributed by atoms with Crippen molar-refractivity contribution in [3.63, 3.8) is 0 Å². The predicted molar refractivity (Wildman–Crippen MR) is 80.8 cm³/mol. The molecule has 1 amide bonds. The molecule has 5 nitrogen and oxygen atoms in total. The number of halogens is 3. The van der Waals surface area contributed by atoms with Gasteiger partial charge in [-0.3, -0.25) is 4.79 Å². The Morgan fingerprint density at radius 3 is 2.67 bits per heavy atom. The van der Waals surface area contributed by atoms with Gasteiger partial charge in [0.15, 0.2) is 6.61 Å². The molecule has 0 spiro atoms. The van der Waals surface area contributed by atoms with Crippen molar-refractivity contribution < 1.29 is 27.8 Å². The Bertz CT molecular complexity index is 745. The Labute approximate surface area is 135 Å². The van der Waals surface area contributed by atoms with Gasteiger partial charge < -0.3 is 9.84 Å². The summed E-state index contributed by atoms with van der Waals surface area (Å²) in [7, 11) is 0. The summed E-state index contributed by atoms with van der Waals surface area (Å²) in [6.45, 7) is -0.501. The quantitative estimate of drug-likeness (QED) is 0.650. The number of hydrazone groups is 1. The van der Waals surface area contributed by atoms with Crippen LogP contribution in [0.3, 0.4) is 0 Å². The Balaban J connectivity index is 1.87. The van der Waals surface area contributed by atoms with Gasteiger partial charge in [-0.05, 0) is 30.3 Å². The fourth-order valence-corrected chi connectivity index (χ4v) is 1.71. The van der Waals surface area contributed by atoms with E-state index in [2.05, 4.69) is 10.5 Å². The van der Waals surface area contributed by atoms with Crippen molar-refractivity contribution in [1.82, 2.24) is 5.43 Å². The number of para-hydroxylation sites is 1. The molecule has 2 aromatic rings. The van der Waals surface area contributed by atoms with Gasteiger partial charge in [0.2, 0.25) is 0 Å². The highest BCUT2D eigenvalue weighted by Crippen LogP contribution is 2.31. The Kier molecular flexibility index (Phi) is 5.41. The molecule has 126 valence electrons. The molecule has 0 aliphatic carbocycles. The van der Waals surface area contributed by atoms with E-state index in [1.54, 1.807) is 18.2 Å². The smallest absolute Gasteiger partial charge is 0.416 e. The van der Waals surface area contributed by atoms with Crippen molar-refractivity contribution >= 4 is 12.1 Å². The molecule has 0 aromatic heterocycles. The first kappa shape index (κ1) is 17.3. The van der Waals surface area contributed by atoms with Crippen LogP contribution in [0.15, 0.2) is 53.6 Å². The molecule has 0 saturated carbocycles. The second-order valence-electron chi connectivity index (χ2n) is 4.67.